The van der Waals surface area contributed by atoms with E-state index in [2.05, 4.69) is 10.6 Å². The van der Waals surface area contributed by atoms with Gasteiger partial charge in [0.15, 0.2) is 0 Å². The lowest BCUT2D eigenvalue weighted by Crippen LogP contribution is -2.45. The number of nitrogens with zero attached hydrogens (tertiary/aromatic N) is 2. The number of rotatable bonds is 8. The SMILES string of the molecule is O=C(Cn1c(=O)c2sccc2n(CC(=O)NCC2CCCO2)c1=O)NCc1cccs1. The second-order valence-electron chi connectivity index (χ2n) is 7.19. The van der Waals surface area contributed by atoms with Crippen molar-refractivity contribution in [3.05, 3.63) is 54.7 Å². The van der Waals surface area contributed by atoms with Crippen LogP contribution in [0.1, 0.15) is 17.7 Å². The lowest BCUT2D eigenvalue weighted by atomic mass is 10.2. The summed E-state index contributed by atoms with van der Waals surface area (Å²) in [7, 11) is 0. The summed E-state index contributed by atoms with van der Waals surface area (Å²) in [5.74, 6) is -0.796. The van der Waals surface area contributed by atoms with Gasteiger partial charge in [-0.15, -0.1) is 22.7 Å². The molecule has 2 N–H and O–H groups in total. The maximum Gasteiger partial charge on any atom is 0.332 e. The van der Waals surface area contributed by atoms with Crippen molar-refractivity contribution in [2.24, 2.45) is 0 Å². The molecule has 1 fully saturated rings. The van der Waals surface area contributed by atoms with Gasteiger partial charge >= 0.3 is 5.69 Å². The Morgan fingerprint density at radius 2 is 1.87 bits per heavy atom. The number of ether oxygens (including phenoxy) is 1. The molecule has 0 aliphatic carbocycles. The summed E-state index contributed by atoms with van der Waals surface area (Å²) in [4.78, 5) is 51.6. The molecule has 1 atom stereocenters. The number of amides is 2. The number of nitrogens with one attached hydrogen (secondary N) is 2. The van der Waals surface area contributed by atoms with Crippen LogP contribution in [0.25, 0.3) is 10.2 Å². The summed E-state index contributed by atoms with van der Waals surface area (Å²) in [6, 6.07) is 5.40. The molecule has 2 amide bonds. The van der Waals surface area contributed by atoms with Crippen molar-refractivity contribution in [2.75, 3.05) is 13.2 Å². The van der Waals surface area contributed by atoms with Crippen LogP contribution in [0, 0.1) is 0 Å². The fourth-order valence-electron chi connectivity index (χ4n) is 3.46. The minimum atomic E-state index is -0.686. The summed E-state index contributed by atoms with van der Waals surface area (Å²) in [5.41, 5.74) is -0.825. The summed E-state index contributed by atoms with van der Waals surface area (Å²) >= 11 is 2.68. The Labute approximate surface area is 185 Å². The predicted octanol–water partition coefficient (Wildman–Crippen LogP) is 0.898. The smallest absolute Gasteiger partial charge is 0.332 e. The third kappa shape index (κ3) is 4.94. The first kappa shape index (κ1) is 21.5. The van der Waals surface area contributed by atoms with Crippen LogP contribution in [0.3, 0.4) is 0 Å². The quantitative estimate of drug-likeness (QED) is 0.517. The number of aromatic nitrogens is 2. The molecule has 9 nitrogen and oxygen atoms in total. The van der Waals surface area contributed by atoms with E-state index in [-0.39, 0.29) is 18.6 Å². The lowest BCUT2D eigenvalue weighted by Gasteiger charge is -2.14. The largest absolute Gasteiger partial charge is 0.376 e. The van der Waals surface area contributed by atoms with Crippen LogP contribution in [-0.4, -0.2) is 40.2 Å². The van der Waals surface area contributed by atoms with Gasteiger partial charge < -0.3 is 15.4 Å². The van der Waals surface area contributed by atoms with Crippen molar-refractivity contribution in [1.29, 1.82) is 0 Å². The van der Waals surface area contributed by atoms with E-state index in [1.165, 1.54) is 27.2 Å². The molecule has 1 unspecified atom stereocenters. The third-order valence-electron chi connectivity index (χ3n) is 5.03. The highest BCUT2D eigenvalue weighted by Crippen LogP contribution is 2.15. The van der Waals surface area contributed by atoms with E-state index in [9.17, 15) is 19.2 Å². The molecule has 11 heteroatoms. The Kier molecular flexibility index (Phi) is 6.64. The number of carbonyl (C=O) groups excluding carboxylic acids is 2. The average Bonchev–Trinajstić information content (AvgIpc) is 3.53. The molecule has 1 saturated heterocycles. The van der Waals surface area contributed by atoms with E-state index in [1.807, 2.05) is 17.5 Å². The molecular weight excluding hydrogens is 440 g/mol. The van der Waals surface area contributed by atoms with E-state index < -0.39 is 23.7 Å². The first-order valence-electron chi connectivity index (χ1n) is 9.91. The van der Waals surface area contributed by atoms with Crippen LogP contribution in [0.2, 0.25) is 0 Å². The zero-order valence-corrected chi connectivity index (χ0v) is 18.3. The van der Waals surface area contributed by atoms with Crippen molar-refractivity contribution in [2.45, 2.75) is 38.6 Å². The van der Waals surface area contributed by atoms with Crippen LogP contribution in [0.5, 0.6) is 0 Å². The van der Waals surface area contributed by atoms with Gasteiger partial charge in [-0.25, -0.2) is 9.36 Å². The molecule has 0 spiro atoms. The number of fused-ring (bicyclic) bond motifs is 1. The molecular formula is C20H22N4O5S2. The van der Waals surface area contributed by atoms with Gasteiger partial charge in [0.2, 0.25) is 11.8 Å². The third-order valence-corrected chi connectivity index (χ3v) is 6.80. The van der Waals surface area contributed by atoms with E-state index in [4.69, 9.17) is 4.74 Å². The van der Waals surface area contributed by atoms with Gasteiger partial charge in [0, 0.05) is 18.0 Å². The standard InChI is InChI=1S/C20H22N4O5S2/c25-16(21-9-13-3-1-6-29-13)11-23-15-5-8-31-18(15)19(27)24(20(23)28)12-17(26)22-10-14-4-2-7-30-14/h2,4-5,7-8,13H,1,3,6,9-12H2,(H,21,25)(H,22,26). The average molecular weight is 463 g/mol. The molecule has 0 saturated carbocycles. The normalized spacial score (nSPS) is 15.9. The van der Waals surface area contributed by atoms with Gasteiger partial charge in [-0.05, 0) is 35.7 Å². The van der Waals surface area contributed by atoms with Crippen LogP contribution in [-0.2, 0) is 34.0 Å². The Hall–Kier alpha value is -2.76. The molecule has 4 heterocycles. The Morgan fingerprint density at radius 1 is 1.06 bits per heavy atom. The first-order chi connectivity index (χ1) is 15.0. The number of carbonyl (C=O) groups is 2. The van der Waals surface area contributed by atoms with Crippen LogP contribution >= 0.6 is 22.7 Å². The number of hydrogen-bond acceptors (Lipinski definition) is 7. The summed E-state index contributed by atoms with van der Waals surface area (Å²) in [5, 5.41) is 9.09. The molecule has 1 aliphatic heterocycles. The highest BCUT2D eigenvalue weighted by Gasteiger charge is 2.20. The molecule has 4 rings (SSSR count). The van der Waals surface area contributed by atoms with Crippen molar-refractivity contribution in [3.8, 4) is 0 Å². The van der Waals surface area contributed by atoms with E-state index >= 15 is 0 Å². The second-order valence-corrected chi connectivity index (χ2v) is 9.14. The predicted molar refractivity (Wildman–Crippen MR) is 118 cm³/mol. The fourth-order valence-corrected chi connectivity index (χ4v) is 4.94. The zero-order chi connectivity index (χ0) is 21.8. The minimum Gasteiger partial charge on any atom is -0.376 e. The Bertz CT molecular complexity index is 1190. The minimum absolute atomic E-state index is 0.0113. The molecule has 164 valence electrons. The van der Waals surface area contributed by atoms with Crippen LogP contribution in [0.4, 0.5) is 0 Å². The van der Waals surface area contributed by atoms with Gasteiger partial charge in [0.1, 0.15) is 17.8 Å². The highest BCUT2D eigenvalue weighted by atomic mass is 32.1. The molecule has 0 aromatic carbocycles. The van der Waals surface area contributed by atoms with Gasteiger partial charge in [-0.2, -0.15) is 0 Å². The number of thiophene rings is 2. The molecule has 3 aromatic rings. The van der Waals surface area contributed by atoms with Gasteiger partial charge in [0.05, 0.1) is 18.2 Å². The maximum atomic E-state index is 13.0. The summed E-state index contributed by atoms with van der Waals surface area (Å²) < 4.78 is 7.95. The number of hydrogen-bond donors (Lipinski definition) is 2. The van der Waals surface area contributed by atoms with Crippen LogP contribution in [0.15, 0.2) is 38.5 Å². The first-order valence-corrected chi connectivity index (χ1v) is 11.7. The van der Waals surface area contributed by atoms with E-state index in [0.29, 0.717) is 29.9 Å². The maximum absolute atomic E-state index is 13.0. The van der Waals surface area contributed by atoms with Gasteiger partial charge in [0.25, 0.3) is 5.56 Å². The highest BCUT2D eigenvalue weighted by molar-refractivity contribution is 7.17. The van der Waals surface area contributed by atoms with E-state index in [0.717, 1.165) is 22.3 Å². The molecule has 31 heavy (non-hydrogen) atoms. The van der Waals surface area contributed by atoms with E-state index in [1.54, 1.807) is 11.4 Å². The second kappa shape index (κ2) is 9.58. The zero-order valence-electron chi connectivity index (χ0n) is 16.7. The van der Waals surface area contributed by atoms with Crippen molar-refractivity contribution >= 4 is 44.7 Å². The fraction of sp³-hybridized carbons (Fsp3) is 0.400. The summed E-state index contributed by atoms with van der Waals surface area (Å²) in [6.45, 7) is 0.747. The molecule has 3 aromatic heterocycles. The molecule has 0 bridgehead atoms. The topological polar surface area (TPSA) is 111 Å². The Morgan fingerprint density at radius 3 is 2.61 bits per heavy atom. The lowest BCUT2D eigenvalue weighted by molar-refractivity contribution is -0.122. The van der Waals surface area contributed by atoms with Crippen molar-refractivity contribution < 1.29 is 14.3 Å². The molecule has 1 aliphatic rings. The Balaban J connectivity index is 1.52. The van der Waals surface area contributed by atoms with Gasteiger partial charge in [-0.1, -0.05) is 6.07 Å². The van der Waals surface area contributed by atoms with Crippen molar-refractivity contribution in [1.82, 2.24) is 19.8 Å². The van der Waals surface area contributed by atoms with Crippen molar-refractivity contribution in [3.63, 3.8) is 0 Å². The summed E-state index contributed by atoms with van der Waals surface area (Å²) in [6.07, 6.45) is 1.85. The molecule has 0 radical (unpaired) electrons. The van der Waals surface area contributed by atoms with Crippen LogP contribution < -0.4 is 21.9 Å². The monoisotopic (exact) mass is 462 g/mol. The van der Waals surface area contributed by atoms with Gasteiger partial charge in [-0.3, -0.25) is 19.0 Å².